The minimum atomic E-state index is -0.769. The topological polar surface area (TPSA) is 80.9 Å². The quantitative estimate of drug-likeness (QED) is 0.421. The number of hydrogen-bond acceptors (Lipinski definition) is 4. The number of hydrogen-bond donors (Lipinski definition) is 4. The van der Waals surface area contributed by atoms with E-state index in [1.54, 1.807) is 0 Å². The van der Waals surface area contributed by atoms with Crippen LogP contribution in [-0.4, -0.2) is 44.3 Å². The van der Waals surface area contributed by atoms with Gasteiger partial charge >= 0.3 is 0 Å². The monoisotopic (exact) mass is 476 g/mol. The van der Waals surface area contributed by atoms with Gasteiger partial charge in [-0.2, -0.15) is 0 Å². The highest BCUT2D eigenvalue weighted by Crippen LogP contribution is 2.78. The molecular formula is C30H52O4. The number of aliphatic hydroxyl groups excluding tert-OH is 3. The molecule has 0 radical (unpaired) electrons. The van der Waals surface area contributed by atoms with Gasteiger partial charge in [0, 0.05) is 0 Å². The second-order valence-electron chi connectivity index (χ2n) is 15.8. The van der Waals surface area contributed by atoms with Crippen LogP contribution in [0, 0.1) is 56.7 Å². The Morgan fingerprint density at radius 2 is 1.18 bits per heavy atom. The molecule has 0 aromatic heterocycles. The van der Waals surface area contributed by atoms with Crippen molar-refractivity contribution < 1.29 is 20.4 Å². The molecule has 5 rings (SSSR count). The molecule has 0 bridgehead atoms. The summed E-state index contributed by atoms with van der Waals surface area (Å²) in [7, 11) is 0. The second-order valence-corrected chi connectivity index (χ2v) is 15.8. The van der Waals surface area contributed by atoms with Crippen molar-refractivity contribution >= 4 is 0 Å². The lowest BCUT2D eigenvalue weighted by atomic mass is 9.31. The van der Waals surface area contributed by atoms with Crippen LogP contribution in [0.25, 0.3) is 0 Å². The highest BCUT2D eigenvalue weighted by molar-refractivity contribution is 5.22. The molecule has 196 valence electrons. The third-order valence-corrected chi connectivity index (χ3v) is 13.7. The van der Waals surface area contributed by atoms with Crippen LogP contribution in [-0.2, 0) is 0 Å². The van der Waals surface area contributed by atoms with Crippen molar-refractivity contribution in [3.63, 3.8) is 0 Å². The second kappa shape index (κ2) is 7.23. The molecule has 0 saturated heterocycles. The SMILES string of the molecule is CC(C)(O)[C@@H]1CC[C@]2(C)[C@@H]1[C@H](O)C[C@]1(C)[C@@H]2CC[C@@H]2[C@]3(C)CC[C@H](O)C(C)(C)[C@@H]3[C@H](O)C[C@]21C. The minimum Gasteiger partial charge on any atom is -0.393 e. The van der Waals surface area contributed by atoms with Gasteiger partial charge < -0.3 is 20.4 Å². The van der Waals surface area contributed by atoms with Crippen molar-refractivity contribution in [2.75, 3.05) is 0 Å². The maximum absolute atomic E-state index is 11.8. The van der Waals surface area contributed by atoms with E-state index in [1.165, 1.54) is 12.8 Å². The Balaban J connectivity index is 1.57. The van der Waals surface area contributed by atoms with Crippen LogP contribution in [0.3, 0.4) is 0 Å². The molecule has 12 atom stereocenters. The number of rotatable bonds is 1. The summed E-state index contributed by atoms with van der Waals surface area (Å²) in [5, 5.41) is 45.4. The average Bonchev–Trinajstić information content (AvgIpc) is 3.05. The van der Waals surface area contributed by atoms with Gasteiger partial charge in [-0.15, -0.1) is 0 Å². The Kier molecular flexibility index (Phi) is 5.42. The first-order valence-electron chi connectivity index (χ1n) is 14.2. The van der Waals surface area contributed by atoms with Gasteiger partial charge in [0.15, 0.2) is 0 Å². The molecule has 0 aliphatic heterocycles. The van der Waals surface area contributed by atoms with Crippen LogP contribution in [0.1, 0.15) is 107 Å². The number of aliphatic hydroxyl groups is 4. The largest absolute Gasteiger partial charge is 0.393 e. The summed E-state index contributed by atoms with van der Waals surface area (Å²) in [4.78, 5) is 0. The molecule has 4 N–H and O–H groups in total. The fourth-order valence-corrected chi connectivity index (χ4v) is 12.3. The lowest BCUT2D eigenvalue weighted by molar-refractivity contribution is -0.289. The van der Waals surface area contributed by atoms with E-state index in [-0.39, 0.29) is 50.9 Å². The molecule has 5 saturated carbocycles. The smallest absolute Gasteiger partial charge is 0.0623 e. The van der Waals surface area contributed by atoms with E-state index in [4.69, 9.17) is 0 Å². The van der Waals surface area contributed by atoms with Crippen molar-refractivity contribution in [2.24, 2.45) is 56.7 Å². The Bertz CT molecular complexity index is 832. The third kappa shape index (κ3) is 2.92. The molecule has 5 fully saturated rings. The van der Waals surface area contributed by atoms with E-state index in [0.29, 0.717) is 11.8 Å². The van der Waals surface area contributed by atoms with E-state index in [2.05, 4.69) is 41.5 Å². The van der Waals surface area contributed by atoms with Crippen molar-refractivity contribution in [1.29, 1.82) is 0 Å². The molecule has 4 heteroatoms. The maximum Gasteiger partial charge on any atom is 0.0623 e. The van der Waals surface area contributed by atoms with Gasteiger partial charge in [0.05, 0.1) is 23.9 Å². The van der Waals surface area contributed by atoms with E-state index >= 15 is 0 Å². The van der Waals surface area contributed by atoms with Crippen molar-refractivity contribution in [3.8, 4) is 0 Å². The first-order chi connectivity index (χ1) is 15.4. The number of fused-ring (bicyclic) bond motifs is 7. The molecule has 0 aromatic carbocycles. The highest BCUT2D eigenvalue weighted by atomic mass is 16.3. The van der Waals surface area contributed by atoms with Crippen LogP contribution >= 0.6 is 0 Å². The van der Waals surface area contributed by atoms with E-state index < -0.39 is 17.8 Å². The first kappa shape index (κ1) is 25.5. The Labute approximate surface area is 207 Å². The molecule has 0 aromatic rings. The van der Waals surface area contributed by atoms with Gasteiger partial charge in [0.25, 0.3) is 0 Å². The van der Waals surface area contributed by atoms with Gasteiger partial charge in [-0.25, -0.2) is 0 Å². The highest BCUT2D eigenvalue weighted by Gasteiger charge is 2.74. The van der Waals surface area contributed by atoms with Crippen molar-refractivity contribution in [1.82, 2.24) is 0 Å². The van der Waals surface area contributed by atoms with Crippen LogP contribution in [0.5, 0.6) is 0 Å². The standard InChI is InChI=1S/C30H52O4/c1-25(2)22(33)12-14-28(6)21-10-9-20-27(5)13-11-17(26(3,4)34)23(27)18(31)15-29(20,7)30(21,8)16-19(32)24(25)28/h17-24,31-34H,9-16H2,1-8H3/t17-,18-,19-,20-,21-,22+,23+,24+,27+,28+,29-,30-/m1/s1. The molecular weight excluding hydrogens is 424 g/mol. The maximum atomic E-state index is 11.8. The predicted octanol–water partition coefficient (Wildman–Crippen LogP) is 5.16. The average molecular weight is 477 g/mol. The van der Waals surface area contributed by atoms with Crippen molar-refractivity contribution in [3.05, 3.63) is 0 Å². The fraction of sp³-hybridized carbons (Fsp3) is 1.00. The zero-order chi connectivity index (χ0) is 25.3. The molecule has 0 heterocycles. The molecule has 5 aliphatic rings. The Morgan fingerprint density at radius 1 is 0.676 bits per heavy atom. The van der Waals surface area contributed by atoms with Gasteiger partial charge in [-0.1, -0.05) is 41.5 Å². The lowest BCUT2D eigenvalue weighted by Crippen LogP contribution is -2.71. The van der Waals surface area contributed by atoms with Gasteiger partial charge in [-0.3, -0.25) is 0 Å². The van der Waals surface area contributed by atoms with Crippen LogP contribution in [0.4, 0.5) is 0 Å². The van der Waals surface area contributed by atoms with E-state index in [9.17, 15) is 20.4 Å². The van der Waals surface area contributed by atoms with E-state index in [1.807, 2.05) is 13.8 Å². The Morgan fingerprint density at radius 3 is 1.74 bits per heavy atom. The summed E-state index contributed by atoms with van der Waals surface area (Å²) in [6.45, 7) is 17.9. The summed E-state index contributed by atoms with van der Waals surface area (Å²) in [6.07, 6.45) is 6.55. The zero-order valence-electron chi connectivity index (χ0n) is 23.1. The summed E-state index contributed by atoms with van der Waals surface area (Å²) >= 11 is 0. The van der Waals surface area contributed by atoms with Gasteiger partial charge in [0.1, 0.15) is 0 Å². The van der Waals surface area contributed by atoms with Gasteiger partial charge in [-0.05, 0) is 122 Å². The third-order valence-electron chi connectivity index (χ3n) is 13.7. The lowest BCUT2D eigenvalue weighted by Gasteiger charge is -2.74. The minimum absolute atomic E-state index is 0.00284. The molecule has 5 aliphatic carbocycles. The van der Waals surface area contributed by atoms with Crippen LogP contribution in [0.2, 0.25) is 0 Å². The van der Waals surface area contributed by atoms with Crippen LogP contribution in [0.15, 0.2) is 0 Å². The normalized spacial score (nSPS) is 58.9. The molecule has 34 heavy (non-hydrogen) atoms. The first-order valence-corrected chi connectivity index (χ1v) is 14.2. The molecule has 0 amide bonds. The Hall–Kier alpha value is -0.160. The van der Waals surface area contributed by atoms with E-state index in [0.717, 1.165) is 38.5 Å². The van der Waals surface area contributed by atoms with Crippen molar-refractivity contribution in [2.45, 2.75) is 131 Å². The predicted molar refractivity (Wildman–Crippen MR) is 135 cm³/mol. The summed E-state index contributed by atoms with van der Waals surface area (Å²) < 4.78 is 0. The van der Waals surface area contributed by atoms with Crippen LogP contribution < -0.4 is 0 Å². The summed E-state index contributed by atoms with van der Waals surface area (Å²) in [5.41, 5.74) is -1.15. The molecule has 0 spiro atoms. The zero-order valence-corrected chi connectivity index (χ0v) is 23.1. The summed E-state index contributed by atoms with van der Waals surface area (Å²) in [5.74, 6) is 1.37. The fourth-order valence-electron chi connectivity index (χ4n) is 12.3. The molecule has 0 unspecified atom stereocenters. The summed E-state index contributed by atoms with van der Waals surface area (Å²) in [6, 6.07) is 0. The van der Waals surface area contributed by atoms with Gasteiger partial charge in [0.2, 0.25) is 0 Å². The molecule has 4 nitrogen and oxygen atoms in total.